The topological polar surface area (TPSA) is 72.5 Å². The third-order valence-electron chi connectivity index (χ3n) is 3.38. The molecule has 0 saturated heterocycles. The fourth-order valence-electron chi connectivity index (χ4n) is 2.10. The number of alkyl halides is 2. The molecular formula is C18H22F2N4O. The van der Waals surface area contributed by atoms with Gasteiger partial charge in [0.1, 0.15) is 0 Å². The van der Waals surface area contributed by atoms with Crippen molar-refractivity contribution in [1.82, 2.24) is 4.98 Å². The molecule has 1 heterocycles. The van der Waals surface area contributed by atoms with Gasteiger partial charge in [0, 0.05) is 11.8 Å². The lowest BCUT2D eigenvalue weighted by molar-refractivity contribution is 0.0795. The first-order valence-corrected chi connectivity index (χ1v) is 7.98. The maximum Gasteiger partial charge on any atom is 0.272 e. The van der Waals surface area contributed by atoms with Crippen molar-refractivity contribution in [2.24, 2.45) is 10.7 Å². The number of nitrogens with one attached hydrogen (secondary N) is 1. The second-order valence-corrected chi connectivity index (χ2v) is 5.78. The van der Waals surface area contributed by atoms with Gasteiger partial charge >= 0.3 is 0 Å². The van der Waals surface area contributed by atoms with E-state index in [4.69, 9.17) is 10.5 Å². The Morgan fingerprint density at radius 3 is 2.72 bits per heavy atom. The number of pyridine rings is 1. The number of aliphatic imine (C=N–C) groups is 1. The van der Waals surface area contributed by atoms with E-state index in [1.165, 1.54) is 11.6 Å². The number of rotatable bonds is 7. The number of ether oxygens (including phenoxy) is 1. The molecule has 7 heteroatoms. The highest BCUT2D eigenvalue weighted by molar-refractivity contribution is 5.92. The molecule has 0 fully saturated rings. The van der Waals surface area contributed by atoms with Crippen LogP contribution in [-0.4, -0.2) is 24.0 Å². The summed E-state index contributed by atoms with van der Waals surface area (Å²) in [6.45, 7) is 3.76. The quantitative estimate of drug-likeness (QED) is 0.590. The van der Waals surface area contributed by atoms with E-state index in [0.717, 1.165) is 5.69 Å². The van der Waals surface area contributed by atoms with E-state index in [1.807, 2.05) is 18.2 Å². The lowest BCUT2D eigenvalue weighted by Gasteiger charge is -2.10. The van der Waals surface area contributed by atoms with Gasteiger partial charge in [-0.1, -0.05) is 32.0 Å². The Bertz CT molecular complexity index is 720. The molecule has 134 valence electrons. The minimum absolute atomic E-state index is 0.143. The minimum Gasteiger partial charge on any atom is -0.472 e. The number of benzene rings is 1. The van der Waals surface area contributed by atoms with Crippen LogP contribution >= 0.6 is 0 Å². The molecule has 0 unspecified atom stereocenters. The Morgan fingerprint density at radius 1 is 1.24 bits per heavy atom. The summed E-state index contributed by atoms with van der Waals surface area (Å²) in [6.07, 6.45) is -2.54. The van der Waals surface area contributed by atoms with Crippen molar-refractivity contribution < 1.29 is 13.5 Å². The molecule has 0 amide bonds. The molecule has 0 aliphatic rings. The molecule has 3 N–H and O–H groups in total. The summed E-state index contributed by atoms with van der Waals surface area (Å²) in [5.74, 6) is 0.811. The average molecular weight is 348 g/mol. The number of anilines is 1. The predicted octanol–water partition coefficient (Wildman–Crippen LogP) is 3.78. The summed E-state index contributed by atoms with van der Waals surface area (Å²) in [5, 5.41) is 3.03. The van der Waals surface area contributed by atoms with E-state index in [-0.39, 0.29) is 18.4 Å². The van der Waals surface area contributed by atoms with Gasteiger partial charge in [-0.25, -0.2) is 18.8 Å². The van der Waals surface area contributed by atoms with Crippen LogP contribution in [0.15, 0.2) is 47.5 Å². The summed E-state index contributed by atoms with van der Waals surface area (Å²) in [5.41, 5.74) is 8.53. The number of hydrogen-bond donors (Lipinski definition) is 2. The number of halogens is 2. The average Bonchev–Trinajstić information content (AvgIpc) is 2.59. The molecule has 25 heavy (non-hydrogen) atoms. The normalized spacial score (nSPS) is 11.8. The van der Waals surface area contributed by atoms with Gasteiger partial charge in [-0.2, -0.15) is 0 Å². The minimum atomic E-state index is -2.54. The van der Waals surface area contributed by atoms with Crippen molar-refractivity contribution >= 4 is 11.6 Å². The first kappa shape index (κ1) is 18.6. The molecule has 1 aromatic carbocycles. The second kappa shape index (κ2) is 8.96. The molecule has 2 rings (SSSR count). The zero-order chi connectivity index (χ0) is 18.2. The van der Waals surface area contributed by atoms with E-state index in [0.29, 0.717) is 11.6 Å². The Hall–Kier alpha value is -2.70. The maximum atomic E-state index is 12.2. The Morgan fingerprint density at radius 2 is 2.00 bits per heavy atom. The van der Waals surface area contributed by atoms with Crippen LogP contribution in [0.2, 0.25) is 0 Å². The van der Waals surface area contributed by atoms with Crippen LogP contribution in [0.4, 0.5) is 14.5 Å². The number of nitrogens with zero attached hydrogens (tertiary/aromatic N) is 2. The SMILES string of the molecule is CC(C)c1cccc(NC(N)=NCc2cccc(OCC(F)F)n2)c1. The molecule has 0 atom stereocenters. The lowest BCUT2D eigenvalue weighted by Crippen LogP contribution is -2.22. The van der Waals surface area contributed by atoms with E-state index in [9.17, 15) is 8.78 Å². The van der Waals surface area contributed by atoms with Crippen LogP contribution < -0.4 is 15.8 Å². The number of hydrogen-bond acceptors (Lipinski definition) is 3. The summed E-state index contributed by atoms with van der Waals surface area (Å²) in [6, 6.07) is 12.9. The smallest absolute Gasteiger partial charge is 0.272 e. The van der Waals surface area contributed by atoms with Gasteiger partial charge in [-0.05, 0) is 29.7 Å². The van der Waals surface area contributed by atoms with Crippen LogP contribution in [0, 0.1) is 0 Å². The predicted molar refractivity (Wildman–Crippen MR) is 95.2 cm³/mol. The fraction of sp³-hybridized carbons (Fsp3) is 0.333. The zero-order valence-corrected chi connectivity index (χ0v) is 14.2. The third-order valence-corrected chi connectivity index (χ3v) is 3.38. The van der Waals surface area contributed by atoms with Crippen LogP contribution in [-0.2, 0) is 6.54 Å². The van der Waals surface area contributed by atoms with Gasteiger partial charge < -0.3 is 15.8 Å². The van der Waals surface area contributed by atoms with Crippen LogP contribution in [0.1, 0.15) is 31.0 Å². The molecule has 0 aliphatic carbocycles. The summed E-state index contributed by atoms with van der Waals surface area (Å²) >= 11 is 0. The molecule has 0 radical (unpaired) electrons. The molecule has 5 nitrogen and oxygen atoms in total. The Labute approximate surface area is 145 Å². The van der Waals surface area contributed by atoms with Gasteiger partial charge in [0.05, 0.1) is 12.2 Å². The molecule has 0 saturated carbocycles. The highest BCUT2D eigenvalue weighted by Gasteiger charge is 2.05. The number of guanidine groups is 1. The van der Waals surface area contributed by atoms with Gasteiger partial charge in [0.15, 0.2) is 12.6 Å². The van der Waals surface area contributed by atoms with E-state index in [1.54, 1.807) is 12.1 Å². The summed E-state index contributed by atoms with van der Waals surface area (Å²) < 4.78 is 29.2. The molecular weight excluding hydrogens is 326 g/mol. The molecule has 1 aromatic heterocycles. The Balaban J connectivity index is 1.96. The van der Waals surface area contributed by atoms with Crippen molar-refractivity contribution in [2.45, 2.75) is 32.7 Å². The summed E-state index contributed by atoms with van der Waals surface area (Å²) in [4.78, 5) is 8.33. The van der Waals surface area contributed by atoms with E-state index < -0.39 is 13.0 Å². The van der Waals surface area contributed by atoms with Gasteiger partial charge in [-0.3, -0.25) is 0 Å². The third kappa shape index (κ3) is 6.37. The highest BCUT2D eigenvalue weighted by atomic mass is 19.3. The first-order valence-electron chi connectivity index (χ1n) is 7.98. The first-order chi connectivity index (χ1) is 11.9. The standard InChI is InChI=1S/C18H22F2N4O/c1-12(2)13-5-3-6-14(9-13)24-18(21)22-10-15-7-4-8-17(23-15)25-11-16(19)20/h3-9,12,16H,10-11H2,1-2H3,(H3,21,22,24). The van der Waals surface area contributed by atoms with Crippen molar-refractivity contribution in [3.63, 3.8) is 0 Å². The highest BCUT2D eigenvalue weighted by Crippen LogP contribution is 2.18. The van der Waals surface area contributed by atoms with Crippen molar-refractivity contribution in [1.29, 1.82) is 0 Å². The molecule has 0 aliphatic heterocycles. The fourth-order valence-corrected chi connectivity index (χ4v) is 2.10. The Kier molecular flexibility index (Phi) is 6.68. The zero-order valence-electron chi connectivity index (χ0n) is 14.2. The van der Waals surface area contributed by atoms with Crippen molar-refractivity contribution in [3.8, 4) is 5.88 Å². The molecule has 0 spiro atoms. The largest absolute Gasteiger partial charge is 0.472 e. The molecule has 0 bridgehead atoms. The van der Waals surface area contributed by atoms with E-state index in [2.05, 4.69) is 35.2 Å². The molecule has 2 aromatic rings. The van der Waals surface area contributed by atoms with Crippen LogP contribution in [0.5, 0.6) is 5.88 Å². The van der Waals surface area contributed by atoms with Gasteiger partial charge in [0.2, 0.25) is 5.88 Å². The maximum absolute atomic E-state index is 12.2. The van der Waals surface area contributed by atoms with Crippen LogP contribution in [0.3, 0.4) is 0 Å². The number of aromatic nitrogens is 1. The van der Waals surface area contributed by atoms with Gasteiger partial charge in [0.25, 0.3) is 6.43 Å². The van der Waals surface area contributed by atoms with Crippen LogP contribution in [0.25, 0.3) is 0 Å². The lowest BCUT2D eigenvalue weighted by atomic mass is 10.0. The summed E-state index contributed by atoms with van der Waals surface area (Å²) in [7, 11) is 0. The second-order valence-electron chi connectivity index (χ2n) is 5.78. The number of nitrogens with two attached hydrogens (primary N) is 1. The van der Waals surface area contributed by atoms with Gasteiger partial charge in [-0.15, -0.1) is 0 Å². The van der Waals surface area contributed by atoms with Crippen molar-refractivity contribution in [2.75, 3.05) is 11.9 Å². The van der Waals surface area contributed by atoms with E-state index >= 15 is 0 Å². The monoisotopic (exact) mass is 348 g/mol. The van der Waals surface area contributed by atoms with Crippen molar-refractivity contribution in [3.05, 3.63) is 53.7 Å².